The molecule has 0 saturated heterocycles. The minimum absolute atomic E-state index is 0.735. The second kappa shape index (κ2) is 7.80. The number of rotatable bonds is 9. The van der Waals surface area contributed by atoms with Crippen LogP contribution in [0.4, 0.5) is 0 Å². The Balaban J connectivity index is 1.90. The molecule has 0 unspecified atom stereocenters. The average Bonchev–Trinajstić information content (AvgIpc) is 3.23. The van der Waals surface area contributed by atoms with E-state index in [4.69, 9.17) is 0 Å². The van der Waals surface area contributed by atoms with Crippen molar-refractivity contribution < 1.29 is 0 Å². The molecule has 1 saturated carbocycles. The quantitative estimate of drug-likeness (QED) is 0.742. The molecule has 1 aliphatic carbocycles. The zero-order valence-electron chi connectivity index (χ0n) is 13.4. The summed E-state index contributed by atoms with van der Waals surface area (Å²) in [6.07, 6.45) is 3.91. The Hall–Kier alpha value is -0.860. The fourth-order valence-corrected chi connectivity index (χ4v) is 2.72. The van der Waals surface area contributed by atoms with Crippen molar-refractivity contribution in [3.63, 3.8) is 0 Å². The van der Waals surface area contributed by atoms with E-state index in [0.717, 1.165) is 38.0 Å². The van der Waals surface area contributed by atoms with Gasteiger partial charge in [0, 0.05) is 19.1 Å². The molecule has 2 heteroatoms. The van der Waals surface area contributed by atoms with Gasteiger partial charge in [0.05, 0.1) is 0 Å². The summed E-state index contributed by atoms with van der Waals surface area (Å²) in [7, 11) is 0. The topological polar surface area (TPSA) is 15.3 Å². The predicted molar refractivity (Wildman–Crippen MR) is 87.0 cm³/mol. The summed E-state index contributed by atoms with van der Waals surface area (Å²) in [5.41, 5.74) is 3.02. The van der Waals surface area contributed by atoms with Crippen LogP contribution in [0.2, 0.25) is 0 Å². The van der Waals surface area contributed by atoms with Gasteiger partial charge in [-0.15, -0.1) is 0 Å². The first-order valence-corrected chi connectivity index (χ1v) is 8.21. The van der Waals surface area contributed by atoms with E-state index in [1.165, 1.54) is 30.5 Å². The van der Waals surface area contributed by atoms with Crippen LogP contribution in [-0.2, 0) is 13.0 Å². The minimum atomic E-state index is 0.735. The number of hydrogen-bond acceptors (Lipinski definition) is 2. The molecule has 1 aromatic carbocycles. The van der Waals surface area contributed by atoms with Crippen LogP contribution < -0.4 is 5.32 Å². The molecular formula is C18H30N2. The molecule has 0 bridgehead atoms. The first-order chi connectivity index (χ1) is 9.69. The van der Waals surface area contributed by atoms with Gasteiger partial charge in [0.2, 0.25) is 0 Å². The van der Waals surface area contributed by atoms with Crippen LogP contribution in [0.3, 0.4) is 0 Å². The van der Waals surface area contributed by atoms with Gasteiger partial charge in [-0.25, -0.2) is 0 Å². The molecule has 1 N–H and O–H groups in total. The average molecular weight is 274 g/mol. The summed E-state index contributed by atoms with van der Waals surface area (Å²) in [5, 5.41) is 3.62. The molecule has 0 aliphatic heterocycles. The Morgan fingerprint density at radius 1 is 1.20 bits per heavy atom. The molecule has 1 fully saturated rings. The first kappa shape index (κ1) is 15.5. The summed E-state index contributed by atoms with van der Waals surface area (Å²) in [6.45, 7) is 11.4. The van der Waals surface area contributed by atoms with E-state index in [0.29, 0.717) is 0 Å². The lowest BCUT2D eigenvalue weighted by Crippen LogP contribution is -2.28. The third-order valence-corrected chi connectivity index (χ3v) is 3.99. The Morgan fingerprint density at radius 2 is 1.90 bits per heavy atom. The Bertz CT molecular complexity index is 396. The van der Waals surface area contributed by atoms with Crippen molar-refractivity contribution in [3.05, 3.63) is 35.4 Å². The molecule has 112 valence electrons. The zero-order chi connectivity index (χ0) is 14.4. The van der Waals surface area contributed by atoms with E-state index in [1.807, 2.05) is 0 Å². The van der Waals surface area contributed by atoms with Crippen LogP contribution in [-0.4, -0.2) is 30.6 Å². The monoisotopic (exact) mass is 274 g/mol. The molecule has 0 amide bonds. The highest BCUT2D eigenvalue weighted by Crippen LogP contribution is 2.19. The number of nitrogens with one attached hydrogen (secondary N) is 1. The molecule has 1 aliphatic rings. The van der Waals surface area contributed by atoms with Gasteiger partial charge in [0.25, 0.3) is 0 Å². The predicted octanol–water partition coefficient (Wildman–Crippen LogP) is 3.46. The zero-order valence-corrected chi connectivity index (χ0v) is 13.4. The molecule has 2 rings (SSSR count). The smallest absolute Gasteiger partial charge is 0.0236 e. The Morgan fingerprint density at radius 3 is 2.50 bits per heavy atom. The van der Waals surface area contributed by atoms with E-state index in [2.05, 4.69) is 55.3 Å². The number of hydrogen-bond donors (Lipinski definition) is 1. The number of nitrogens with zero attached hydrogens (tertiary/aromatic N) is 1. The molecule has 0 spiro atoms. The summed E-state index contributed by atoms with van der Waals surface area (Å²) in [6, 6.07) is 9.77. The SMILES string of the molecule is CCN(Cc1ccccc1CCNC1CC1)CC(C)C. The molecule has 2 nitrogen and oxygen atoms in total. The van der Waals surface area contributed by atoms with Gasteiger partial charge in [-0.1, -0.05) is 45.0 Å². The van der Waals surface area contributed by atoms with Crippen LogP contribution in [0.15, 0.2) is 24.3 Å². The van der Waals surface area contributed by atoms with Crippen molar-refractivity contribution in [2.24, 2.45) is 5.92 Å². The van der Waals surface area contributed by atoms with Crippen molar-refractivity contribution in [2.75, 3.05) is 19.6 Å². The Labute approximate surface area is 124 Å². The molecule has 1 aromatic rings. The van der Waals surface area contributed by atoms with Gasteiger partial charge in [0.1, 0.15) is 0 Å². The van der Waals surface area contributed by atoms with Gasteiger partial charge in [-0.3, -0.25) is 4.90 Å². The van der Waals surface area contributed by atoms with E-state index < -0.39 is 0 Å². The number of benzene rings is 1. The molecule has 0 atom stereocenters. The van der Waals surface area contributed by atoms with Crippen molar-refractivity contribution in [3.8, 4) is 0 Å². The van der Waals surface area contributed by atoms with Crippen molar-refractivity contribution in [1.82, 2.24) is 10.2 Å². The van der Waals surface area contributed by atoms with Gasteiger partial charge >= 0.3 is 0 Å². The molecule has 0 heterocycles. The third kappa shape index (κ3) is 5.26. The summed E-state index contributed by atoms with van der Waals surface area (Å²) >= 11 is 0. The van der Waals surface area contributed by atoms with Gasteiger partial charge < -0.3 is 5.32 Å². The van der Waals surface area contributed by atoms with Crippen LogP contribution in [0, 0.1) is 5.92 Å². The first-order valence-electron chi connectivity index (χ1n) is 8.21. The maximum Gasteiger partial charge on any atom is 0.0236 e. The maximum absolute atomic E-state index is 3.62. The fraction of sp³-hybridized carbons (Fsp3) is 0.667. The Kier molecular flexibility index (Phi) is 6.06. The van der Waals surface area contributed by atoms with Crippen LogP contribution >= 0.6 is 0 Å². The minimum Gasteiger partial charge on any atom is -0.314 e. The van der Waals surface area contributed by atoms with Crippen molar-refractivity contribution in [2.45, 2.75) is 52.6 Å². The molecular weight excluding hydrogens is 244 g/mol. The summed E-state index contributed by atoms with van der Waals surface area (Å²) in [4.78, 5) is 2.55. The van der Waals surface area contributed by atoms with Gasteiger partial charge in [-0.2, -0.15) is 0 Å². The lowest BCUT2D eigenvalue weighted by molar-refractivity contribution is 0.247. The molecule has 20 heavy (non-hydrogen) atoms. The van der Waals surface area contributed by atoms with Crippen LogP contribution in [0.5, 0.6) is 0 Å². The highest BCUT2D eigenvalue weighted by Gasteiger charge is 2.19. The largest absolute Gasteiger partial charge is 0.314 e. The lowest BCUT2D eigenvalue weighted by Gasteiger charge is -2.24. The van der Waals surface area contributed by atoms with Crippen LogP contribution in [0.1, 0.15) is 44.7 Å². The molecule has 0 radical (unpaired) electrons. The van der Waals surface area contributed by atoms with E-state index >= 15 is 0 Å². The lowest BCUT2D eigenvalue weighted by atomic mass is 10.0. The highest BCUT2D eigenvalue weighted by atomic mass is 15.1. The van der Waals surface area contributed by atoms with Crippen LogP contribution in [0.25, 0.3) is 0 Å². The fourth-order valence-electron chi connectivity index (χ4n) is 2.72. The van der Waals surface area contributed by atoms with Crippen molar-refractivity contribution in [1.29, 1.82) is 0 Å². The second-order valence-electron chi connectivity index (χ2n) is 6.47. The van der Waals surface area contributed by atoms with E-state index in [1.54, 1.807) is 0 Å². The summed E-state index contributed by atoms with van der Waals surface area (Å²) < 4.78 is 0. The standard InChI is InChI=1S/C18H30N2/c1-4-20(13-15(2)3)14-17-8-6-5-7-16(17)11-12-19-18-9-10-18/h5-8,15,18-19H,4,9-14H2,1-3H3. The third-order valence-electron chi connectivity index (χ3n) is 3.99. The highest BCUT2D eigenvalue weighted by molar-refractivity contribution is 5.27. The van der Waals surface area contributed by atoms with E-state index in [-0.39, 0.29) is 0 Å². The van der Waals surface area contributed by atoms with Crippen molar-refractivity contribution >= 4 is 0 Å². The summed E-state index contributed by atoms with van der Waals surface area (Å²) in [5.74, 6) is 0.735. The van der Waals surface area contributed by atoms with Gasteiger partial charge in [0.15, 0.2) is 0 Å². The normalized spacial score (nSPS) is 15.2. The maximum atomic E-state index is 3.62. The second-order valence-corrected chi connectivity index (χ2v) is 6.47. The van der Waals surface area contributed by atoms with E-state index in [9.17, 15) is 0 Å². The van der Waals surface area contributed by atoms with Gasteiger partial charge in [-0.05, 0) is 49.4 Å². The molecule has 0 aromatic heterocycles.